The predicted molar refractivity (Wildman–Crippen MR) is 148 cm³/mol. The van der Waals surface area contributed by atoms with Gasteiger partial charge in [0, 0.05) is 29.2 Å². The Morgan fingerprint density at radius 1 is 1.06 bits per heavy atom. The van der Waals surface area contributed by atoms with Crippen molar-refractivity contribution in [1.82, 2.24) is 4.57 Å². The van der Waals surface area contributed by atoms with E-state index in [-0.39, 0.29) is 17.9 Å². The number of aryl methyl sites for hydroxylation is 1. The summed E-state index contributed by atoms with van der Waals surface area (Å²) in [5.41, 5.74) is 5.29. The molecule has 1 N–H and O–H groups in total. The molecule has 1 aromatic heterocycles. The van der Waals surface area contributed by atoms with Crippen LogP contribution in [0.4, 0.5) is 5.69 Å². The van der Waals surface area contributed by atoms with Gasteiger partial charge in [0.15, 0.2) is 0 Å². The van der Waals surface area contributed by atoms with Gasteiger partial charge in [-0.2, -0.15) is 0 Å². The molecule has 0 bridgehead atoms. The van der Waals surface area contributed by atoms with Gasteiger partial charge < -0.3 is 14.4 Å². The molecular weight excluding hydrogens is 468 g/mol. The Morgan fingerprint density at radius 3 is 2.61 bits per heavy atom. The average molecular weight is 495 g/mol. The first-order valence-electron chi connectivity index (χ1n) is 11.8. The maximum Gasteiger partial charge on any atom is 0.344 e. The van der Waals surface area contributed by atoms with E-state index in [0.717, 1.165) is 23.0 Å². The third-order valence-electron chi connectivity index (χ3n) is 5.90. The van der Waals surface area contributed by atoms with E-state index >= 15 is 0 Å². The second-order valence-electron chi connectivity index (χ2n) is 8.53. The Hall–Kier alpha value is -4.03. The molecule has 6 heteroatoms. The van der Waals surface area contributed by atoms with E-state index < -0.39 is 5.97 Å². The van der Waals surface area contributed by atoms with Crippen LogP contribution in [0.1, 0.15) is 23.6 Å². The first-order chi connectivity index (χ1) is 17.5. The number of aliphatic imine (C=N–C) groups is 1. The van der Waals surface area contributed by atoms with Crippen LogP contribution in [-0.2, 0) is 16.1 Å². The monoisotopic (exact) mass is 494 g/mol. The lowest BCUT2D eigenvalue weighted by Gasteiger charge is -2.06. The summed E-state index contributed by atoms with van der Waals surface area (Å²) in [7, 11) is 0. The molecule has 0 amide bonds. The predicted octanol–water partition coefficient (Wildman–Crippen LogP) is 7.19. The van der Waals surface area contributed by atoms with Crippen LogP contribution in [0.3, 0.4) is 0 Å². The number of aromatic nitrogens is 1. The van der Waals surface area contributed by atoms with Gasteiger partial charge in [-0.05, 0) is 43.7 Å². The standard InChI is InChI=1S/C30H26N2O3S/c1-3-35-30(34)27-28(33)26(36-29(27)31-23-12-5-4-6-13-23)17-22-19-32(25-15-8-7-14-24(22)25)18-21-11-9-10-20(2)16-21/h4-17,19,33H,3,18H2,1-2H3/b26-17-,31-29?. The minimum Gasteiger partial charge on any atom is -0.506 e. The summed E-state index contributed by atoms with van der Waals surface area (Å²) in [4.78, 5) is 17.9. The van der Waals surface area contributed by atoms with Gasteiger partial charge in [-0.25, -0.2) is 9.79 Å². The number of carbonyl (C=O) groups is 1. The van der Waals surface area contributed by atoms with Crippen molar-refractivity contribution < 1.29 is 14.6 Å². The average Bonchev–Trinajstić information content (AvgIpc) is 3.37. The van der Waals surface area contributed by atoms with Crippen molar-refractivity contribution in [2.24, 2.45) is 4.99 Å². The molecule has 0 atom stereocenters. The second-order valence-corrected chi connectivity index (χ2v) is 9.56. The Kier molecular flexibility index (Phi) is 6.78. The van der Waals surface area contributed by atoms with Crippen LogP contribution in [0.5, 0.6) is 0 Å². The summed E-state index contributed by atoms with van der Waals surface area (Å²) < 4.78 is 7.44. The van der Waals surface area contributed by atoms with E-state index in [1.807, 2.05) is 48.5 Å². The highest BCUT2D eigenvalue weighted by atomic mass is 32.2. The lowest BCUT2D eigenvalue weighted by Crippen LogP contribution is -2.12. The molecular formula is C30H26N2O3S. The molecule has 3 aromatic carbocycles. The number of para-hydroxylation sites is 2. The Labute approximate surface area is 214 Å². The molecule has 5 nitrogen and oxygen atoms in total. The minimum absolute atomic E-state index is 0.0976. The zero-order valence-corrected chi connectivity index (χ0v) is 21.0. The fourth-order valence-electron chi connectivity index (χ4n) is 4.28. The number of rotatable bonds is 6. The van der Waals surface area contributed by atoms with Crippen molar-refractivity contribution in [1.29, 1.82) is 0 Å². The largest absolute Gasteiger partial charge is 0.506 e. The van der Waals surface area contributed by atoms with Gasteiger partial charge in [0.05, 0.1) is 17.2 Å². The van der Waals surface area contributed by atoms with Crippen LogP contribution in [-0.4, -0.2) is 27.3 Å². The summed E-state index contributed by atoms with van der Waals surface area (Å²) in [6.45, 7) is 4.78. The van der Waals surface area contributed by atoms with Crippen LogP contribution in [0.2, 0.25) is 0 Å². The number of aliphatic hydroxyl groups excluding tert-OH is 1. The molecule has 0 aliphatic carbocycles. The Balaban J connectivity index is 1.57. The maximum absolute atomic E-state index is 12.7. The van der Waals surface area contributed by atoms with Crippen molar-refractivity contribution >= 4 is 45.4 Å². The van der Waals surface area contributed by atoms with Crippen LogP contribution in [0, 0.1) is 6.92 Å². The zero-order chi connectivity index (χ0) is 25.1. The Morgan fingerprint density at radius 2 is 1.83 bits per heavy atom. The number of benzene rings is 3. The quantitative estimate of drug-likeness (QED) is 0.288. The highest BCUT2D eigenvalue weighted by Gasteiger charge is 2.33. The first-order valence-corrected chi connectivity index (χ1v) is 12.6. The molecule has 2 heterocycles. The lowest BCUT2D eigenvalue weighted by molar-refractivity contribution is -0.138. The normalized spacial score (nSPS) is 15.8. The molecule has 36 heavy (non-hydrogen) atoms. The summed E-state index contributed by atoms with van der Waals surface area (Å²) in [5.74, 6) is -0.689. The van der Waals surface area contributed by atoms with Gasteiger partial charge in [0.2, 0.25) is 0 Å². The molecule has 0 saturated carbocycles. The lowest BCUT2D eigenvalue weighted by atomic mass is 10.1. The molecule has 0 radical (unpaired) electrons. The van der Waals surface area contributed by atoms with Gasteiger partial charge in [-0.15, -0.1) is 0 Å². The van der Waals surface area contributed by atoms with Crippen molar-refractivity contribution in [3.05, 3.63) is 118 Å². The number of esters is 1. The van der Waals surface area contributed by atoms with Gasteiger partial charge in [-0.1, -0.05) is 78.0 Å². The van der Waals surface area contributed by atoms with Gasteiger partial charge in [0.1, 0.15) is 16.4 Å². The number of carbonyl (C=O) groups excluding carboxylic acids is 1. The van der Waals surface area contributed by atoms with Crippen molar-refractivity contribution in [3.63, 3.8) is 0 Å². The zero-order valence-electron chi connectivity index (χ0n) is 20.1. The fraction of sp³-hybridized carbons (Fsp3) is 0.133. The number of fused-ring (bicyclic) bond motifs is 1. The van der Waals surface area contributed by atoms with Crippen LogP contribution in [0.25, 0.3) is 17.0 Å². The molecule has 0 unspecified atom stereocenters. The number of aliphatic hydroxyl groups is 1. The number of ether oxygens (including phenoxy) is 1. The van der Waals surface area contributed by atoms with E-state index in [4.69, 9.17) is 4.74 Å². The number of thioether (sulfide) groups is 1. The summed E-state index contributed by atoms with van der Waals surface area (Å²) in [6, 6.07) is 26.0. The number of hydrogen-bond donors (Lipinski definition) is 1. The molecule has 5 rings (SSSR count). The topological polar surface area (TPSA) is 63.8 Å². The van der Waals surface area contributed by atoms with E-state index in [2.05, 4.69) is 59.1 Å². The summed E-state index contributed by atoms with van der Waals surface area (Å²) >= 11 is 1.27. The van der Waals surface area contributed by atoms with E-state index in [1.165, 1.54) is 22.9 Å². The smallest absolute Gasteiger partial charge is 0.344 e. The van der Waals surface area contributed by atoms with Crippen LogP contribution < -0.4 is 0 Å². The highest BCUT2D eigenvalue weighted by Crippen LogP contribution is 2.41. The summed E-state index contributed by atoms with van der Waals surface area (Å²) in [6.07, 6.45) is 4.01. The molecule has 1 aliphatic heterocycles. The third-order valence-corrected chi connectivity index (χ3v) is 6.92. The van der Waals surface area contributed by atoms with Gasteiger partial charge in [-0.3, -0.25) is 0 Å². The SMILES string of the molecule is CCOC(=O)C1=C(O)/C(=C/c2cn(Cc3cccc(C)c3)c3ccccc23)SC1=Nc1ccccc1. The third kappa shape index (κ3) is 4.86. The number of nitrogens with zero attached hydrogens (tertiary/aromatic N) is 2. The fourth-order valence-corrected chi connectivity index (χ4v) is 5.31. The minimum atomic E-state index is -0.581. The van der Waals surface area contributed by atoms with Crippen molar-refractivity contribution in [3.8, 4) is 0 Å². The molecule has 180 valence electrons. The first kappa shape index (κ1) is 23.7. The second kappa shape index (κ2) is 10.3. The molecule has 0 fully saturated rings. The van der Waals surface area contributed by atoms with Gasteiger partial charge >= 0.3 is 5.97 Å². The maximum atomic E-state index is 12.7. The van der Waals surface area contributed by atoms with E-state index in [9.17, 15) is 9.90 Å². The molecule has 0 spiro atoms. The molecule has 1 aliphatic rings. The van der Waals surface area contributed by atoms with Gasteiger partial charge in [0.25, 0.3) is 0 Å². The molecule has 4 aromatic rings. The van der Waals surface area contributed by atoms with Crippen molar-refractivity contribution in [2.45, 2.75) is 20.4 Å². The summed E-state index contributed by atoms with van der Waals surface area (Å²) in [5, 5.41) is 12.6. The van der Waals surface area contributed by atoms with Crippen molar-refractivity contribution in [2.75, 3.05) is 6.61 Å². The van der Waals surface area contributed by atoms with Crippen LogP contribution >= 0.6 is 11.8 Å². The van der Waals surface area contributed by atoms with Crippen LogP contribution in [0.15, 0.2) is 106 Å². The molecule has 0 saturated heterocycles. The number of hydrogen-bond acceptors (Lipinski definition) is 5. The van der Waals surface area contributed by atoms with E-state index in [1.54, 1.807) is 6.92 Å². The Bertz CT molecular complexity index is 1530. The van der Waals surface area contributed by atoms with E-state index in [0.29, 0.717) is 15.6 Å². The highest BCUT2D eigenvalue weighted by molar-refractivity contribution is 8.18.